The Labute approximate surface area is 189 Å². The van der Waals surface area contributed by atoms with Gasteiger partial charge in [-0.25, -0.2) is 22.0 Å². The Hall–Kier alpha value is -3.17. The Morgan fingerprint density at radius 1 is 1.06 bits per heavy atom. The van der Waals surface area contributed by atoms with Crippen LogP contribution in [-0.4, -0.2) is 32.6 Å². The largest absolute Gasteiger partial charge is 0.497 e. The number of aliphatic carboxylic acids is 1. The van der Waals surface area contributed by atoms with Crippen molar-refractivity contribution in [2.75, 3.05) is 11.4 Å². The number of ether oxygens (including phenoxy) is 1. The van der Waals surface area contributed by atoms with Gasteiger partial charge in [-0.3, -0.25) is 4.31 Å². The molecule has 32 heavy (non-hydrogen) atoms. The number of carboxylic acid groups (broad SMARTS) is 1. The smallest absolute Gasteiger partial charge is 0.327 e. The molecule has 1 heterocycles. The molecule has 3 aromatic carbocycles. The minimum absolute atomic E-state index is 0. The number of carboxylic acids is 1. The molecule has 0 saturated carbocycles. The van der Waals surface area contributed by atoms with Crippen molar-refractivity contribution in [3.8, 4) is 16.9 Å². The monoisotopic (exact) mass is 481 g/mol. The summed E-state index contributed by atoms with van der Waals surface area (Å²) in [4.78, 5) is 11.7. The molecule has 0 fully saturated rings. The van der Waals surface area contributed by atoms with Crippen LogP contribution in [0.5, 0.6) is 5.75 Å². The Morgan fingerprint density at radius 3 is 2.34 bits per heavy atom. The summed E-state index contributed by atoms with van der Waals surface area (Å²) < 4.78 is 59.9. The Balaban J connectivity index is 0.00000289. The maximum atomic E-state index is 14.0. The lowest BCUT2D eigenvalue weighted by atomic mass is 10.1. The van der Waals surface area contributed by atoms with Crippen LogP contribution in [0.2, 0.25) is 0 Å². The summed E-state index contributed by atoms with van der Waals surface area (Å²) in [5.74, 6) is -2.27. The van der Waals surface area contributed by atoms with E-state index in [0.29, 0.717) is 16.9 Å². The highest BCUT2D eigenvalue weighted by atomic mass is 35.5. The second-order valence-electron chi connectivity index (χ2n) is 7.00. The highest BCUT2D eigenvalue weighted by Crippen LogP contribution is 2.39. The summed E-state index contributed by atoms with van der Waals surface area (Å²) in [6.07, 6.45) is -0.0000288. The number of methoxy groups -OCH3 is 1. The first kappa shape index (κ1) is 23.5. The van der Waals surface area contributed by atoms with Gasteiger partial charge >= 0.3 is 5.97 Å². The number of rotatable bonds is 5. The fraction of sp³-hybridized carbons (Fsp3) is 0.136. The van der Waals surface area contributed by atoms with Crippen LogP contribution in [0.1, 0.15) is 5.56 Å². The van der Waals surface area contributed by atoms with Gasteiger partial charge in [0.05, 0.1) is 17.7 Å². The van der Waals surface area contributed by atoms with E-state index in [1.54, 1.807) is 12.1 Å². The number of halogens is 3. The van der Waals surface area contributed by atoms with E-state index in [4.69, 9.17) is 4.74 Å². The molecule has 0 aliphatic carbocycles. The Bertz CT molecular complexity index is 1280. The lowest BCUT2D eigenvalue weighted by molar-refractivity contribution is -0.138. The average molecular weight is 482 g/mol. The van der Waals surface area contributed by atoms with Crippen LogP contribution in [0.3, 0.4) is 0 Å². The molecule has 3 aromatic rings. The van der Waals surface area contributed by atoms with Crippen molar-refractivity contribution in [3.05, 3.63) is 77.9 Å². The van der Waals surface area contributed by atoms with Crippen molar-refractivity contribution in [1.29, 1.82) is 0 Å². The number of sulfonamides is 1. The highest BCUT2D eigenvalue weighted by molar-refractivity contribution is 7.93. The van der Waals surface area contributed by atoms with Crippen LogP contribution in [0.4, 0.5) is 14.5 Å². The maximum absolute atomic E-state index is 14.0. The van der Waals surface area contributed by atoms with Gasteiger partial charge < -0.3 is 9.84 Å². The molecule has 0 radical (unpaired) electrons. The van der Waals surface area contributed by atoms with Gasteiger partial charge in [0.1, 0.15) is 23.4 Å². The first-order valence-electron chi connectivity index (χ1n) is 9.22. The SMILES string of the molecule is COc1ccc2c(c1)CC(C(=O)O)N2S(=O)(=O)c1ccc(-c2ccc(F)cc2F)cc1.Cl. The summed E-state index contributed by atoms with van der Waals surface area (Å²) in [6, 6.07) is 11.8. The molecule has 1 aliphatic rings. The molecule has 1 unspecified atom stereocenters. The number of nitrogens with zero attached hydrogens (tertiary/aromatic N) is 1. The van der Waals surface area contributed by atoms with Gasteiger partial charge in [-0.1, -0.05) is 12.1 Å². The fourth-order valence-electron chi connectivity index (χ4n) is 3.65. The van der Waals surface area contributed by atoms with Crippen LogP contribution >= 0.6 is 12.4 Å². The minimum atomic E-state index is -4.22. The molecule has 10 heteroatoms. The molecule has 0 saturated heterocycles. The number of fused-ring (bicyclic) bond motifs is 1. The predicted molar refractivity (Wildman–Crippen MR) is 117 cm³/mol. The molecule has 1 N–H and O–H groups in total. The van der Waals surface area contributed by atoms with E-state index >= 15 is 0 Å². The number of hydrogen-bond acceptors (Lipinski definition) is 4. The first-order valence-corrected chi connectivity index (χ1v) is 10.7. The lowest BCUT2D eigenvalue weighted by Gasteiger charge is -2.24. The van der Waals surface area contributed by atoms with E-state index in [-0.39, 0.29) is 35.0 Å². The van der Waals surface area contributed by atoms with Crippen molar-refractivity contribution in [2.45, 2.75) is 17.4 Å². The number of carbonyl (C=O) groups is 1. The summed E-state index contributed by atoms with van der Waals surface area (Å²) in [5, 5.41) is 9.63. The zero-order valence-electron chi connectivity index (χ0n) is 16.7. The predicted octanol–water partition coefficient (Wildman–Crippen LogP) is 4.27. The quantitative estimate of drug-likeness (QED) is 0.588. The minimum Gasteiger partial charge on any atom is -0.497 e. The van der Waals surface area contributed by atoms with Crippen LogP contribution in [0.25, 0.3) is 11.1 Å². The van der Waals surface area contributed by atoms with Gasteiger partial charge in [0.2, 0.25) is 0 Å². The van der Waals surface area contributed by atoms with Gasteiger partial charge in [0.25, 0.3) is 10.0 Å². The van der Waals surface area contributed by atoms with Gasteiger partial charge in [-0.2, -0.15) is 0 Å². The third kappa shape index (κ3) is 4.01. The van der Waals surface area contributed by atoms with Crippen LogP contribution in [-0.2, 0) is 21.2 Å². The van der Waals surface area contributed by atoms with Crippen molar-refractivity contribution >= 4 is 34.1 Å². The summed E-state index contributed by atoms with van der Waals surface area (Å²) in [6.45, 7) is 0. The second-order valence-corrected chi connectivity index (χ2v) is 8.82. The highest BCUT2D eigenvalue weighted by Gasteiger charge is 2.42. The summed E-state index contributed by atoms with van der Waals surface area (Å²) in [7, 11) is -2.76. The van der Waals surface area contributed by atoms with E-state index < -0.39 is 33.7 Å². The van der Waals surface area contributed by atoms with Crippen molar-refractivity contribution in [3.63, 3.8) is 0 Å². The second kappa shape index (κ2) is 8.76. The Kier molecular flexibility index (Phi) is 6.43. The van der Waals surface area contributed by atoms with Crippen molar-refractivity contribution in [1.82, 2.24) is 0 Å². The van der Waals surface area contributed by atoms with E-state index in [2.05, 4.69) is 0 Å². The zero-order valence-corrected chi connectivity index (χ0v) is 18.3. The number of hydrogen-bond donors (Lipinski definition) is 1. The molecular weight excluding hydrogens is 464 g/mol. The molecule has 0 aromatic heterocycles. The molecule has 0 amide bonds. The average Bonchev–Trinajstić information content (AvgIpc) is 3.14. The van der Waals surface area contributed by atoms with Gasteiger partial charge in [0.15, 0.2) is 0 Å². The van der Waals surface area contributed by atoms with Gasteiger partial charge in [-0.15, -0.1) is 12.4 Å². The third-order valence-electron chi connectivity index (χ3n) is 5.16. The summed E-state index contributed by atoms with van der Waals surface area (Å²) in [5.41, 5.74) is 1.28. The van der Waals surface area contributed by atoms with E-state index in [9.17, 15) is 27.1 Å². The van der Waals surface area contributed by atoms with E-state index in [1.165, 1.54) is 43.5 Å². The standard InChI is InChI=1S/C22H17F2NO5S.ClH/c1-30-16-5-9-20-14(10-16)11-21(22(26)27)25(20)31(28,29)17-6-2-13(3-7-17)18-8-4-15(23)12-19(18)24;/h2-10,12,21H,11H2,1H3,(H,26,27);1H. The molecule has 0 spiro atoms. The van der Waals surface area contributed by atoms with Gasteiger partial charge in [-0.05, 0) is 53.6 Å². The molecule has 4 rings (SSSR count). The van der Waals surface area contributed by atoms with Crippen molar-refractivity contribution < 1.29 is 31.8 Å². The molecular formula is C22H18ClF2NO5S. The van der Waals surface area contributed by atoms with Gasteiger partial charge in [0, 0.05) is 18.1 Å². The van der Waals surface area contributed by atoms with E-state index in [1.807, 2.05) is 0 Å². The molecule has 6 nitrogen and oxygen atoms in total. The van der Waals surface area contributed by atoms with Crippen LogP contribution in [0, 0.1) is 11.6 Å². The Morgan fingerprint density at radius 2 is 1.75 bits per heavy atom. The normalized spacial score (nSPS) is 15.1. The molecule has 1 aliphatic heterocycles. The topological polar surface area (TPSA) is 83.9 Å². The number of anilines is 1. The lowest BCUT2D eigenvalue weighted by Crippen LogP contribution is -2.42. The molecule has 168 valence electrons. The third-order valence-corrected chi connectivity index (χ3v) is 7.00. The van der Waals surface area contributed by atoms with Crippen molar-refractivity contribution in [2.24, 2.45) is 0 Å². The fourth-order valence-corrected chi connectivity index (χ4v) is 5.30. The summed E-state index contributed by atoms with van der Waals surface area (Å²) >= 11 is 0. The zero-order chi connectivity index (χ0) is 22.3. The number of benzene rings is 3. The first-order chi connectivity index (χ1) is 14.7. The van der Waals surface area contributed by atoms with Crippen LogP contribution < -0.4 is 9.04 Å². The molecule has 0 bridgehead atoms. The van der Waals surface area contributed by atoms with Crippen LogP contribution in [0.15, 0.2) is 65.6 Å². The molecule has 1 atom stereocenters. The maximum Gasteiger partial charge on any atom is 0.327 e. The van der Waals surface area contributed by atoms with E-state index in [0.717, 1.165) is 16.4 Å².